The van der Waals surface area contributed by atoms with E-state index in [2.05, 4.69) is 15.5 Å². The Morgan fingerprint density at radius 2 is 2.04 bits per heavy atom. The molecule has 24 heavy (non-hydrogen) atoms. The number of ether oxygens (including phenoxy) is 2. The van der Waals surface area contributed by atoms with Crippen LogP contribution in [0, 0.1) is 0 Å². The molecule has 0 aliphatic heterocycles. The Bertz CT molecular complexity index is 684. The lowest BCUT2D eigenvalue weighted by Gasteiger charge is -2.10. The first-order valence-corrected chi connectivity index (χ1v) is 7.91. The molecule has 7 nitrogen and oxygen atoms in total. The first-order chi connectivity index (χ1) is 11.6. The van der Waals surface area contributed by atoms with Crippen LogP contribution in [0.2, 0.25) is 0 Å². The van der Waals surface area contributed by atoms with E-state index in [1.165, 1.54) is 0 Å². The van der Waals surface area contributed by atoms with Gasteiger partial charge in [0.05, 0.1) is 14.2 Å². The molecule has 0 spiro atoms. The molecule has 0 radical (unpaired) electrons. The molecule has 0 aliphatic rings. The van der Waals surface area contributed by atoms with Crippen LogP contribution in [0.3, 0.4) is 0 Å². The SMILES string of the molecule is CC[C@H](C)NC(=O)CCc1nc(-c2ccc(OC)c(OC)c2)no1. The van der Waals surface area contributed by atoms with Crippen molar-refractivity contribution >= 4 is 5.91 Å². The number of nitrogens with zero attached hydrogens (tertiary/aromatic N) is 2. The lowest BCUT2D eigenvalue weighted by atomic mass is 10.2. The van der Waals surface area contributed by atoms with Gasteiger partial charge in [-0.05, 0) is 31.5 Å². The highest BCUT2D eigenvalue weighted by atomic mass is 16.5. The summed E-state index contributed by atoms with van der Waals surface area (Å²) in [6, 6.07) is 5.56. The van der Waals surface area contributed by atoms with Crippen molar-refractivity contribution in [2.45, 2.75) is 39.2 Å². The van der Waals surface area contributed by atoms with Crippen molar-refractivity contribution < 1.29 is 18.8 Å². The van der Waals surface area contributed by atoms with Gasteiger partial charge in [-0.25, -0.2) is 0 Å². The van der Waals surface area contributed by atoms with Crippen LogP contribution < -0.4 is 14.8 Å². The van der Waals surface area contributed by atoms with E-state index in [4.69, 9.17) is 14.0 Å². The molecule has 1 N–H and O–H groups in total. The number of benzene rings is 1. The van der Waals surface area contributed by atoms with Gasteiger partial charge in [0.15, 0.2) is 11.5 Å². The summed E-state index contributed by atoms with van der Waals surface area (Å²) < 4.78 is 15.7. The molecule has 0 aliphatic carbocycles. The maximum Gasteiger partial charge on any atom is 0.227 e. The number of hydrogen-bond acceptors (Lipinski definition) is 6. The van der Waals surface area contributed by atoms with E-state index in [0.717, 1.165) is 12.0 Å². The molecule has 130 valence electrons. The third kappa shape index (κ3) is 4.47. The zero-order valence-electron chi connectivity index (χ0n) is 14.5. The van der Waals surface area contributed by atoms with Crippen LogP contribution in [-0.4, -0.2) is 36.3 Å². The highest BCUT2D eigenvalue weighted by Crippen LogP contribution is 2.31. The molecule has 0 bridgehead atoms. The zero-order chi connectivity index (χ0) is 17.5. The molecule has 2 aromatic rings. The van der Waals surface area contributed by atoms with Gasteiger partial charge in [0, 0.05) is 24.4 Å². The van der Waals surface area contributed by atoms with E-state index in [0.29, 0.717) is 36.1 Å². The first-order valence-electron chi connectivity index (χ1n) is 7.91. The second-order valence-corrected chi connectivity index (χ2v) is 5.46. The van der Waals surface area contributed by atoms with Crippen molar-refractivity contribution in [3.63, 3.8) is 0 Å². The Morgan fingerprint density at radius 1 is 1.29 bits per heavy atom. The van der Waals surface area contributed by atoms with Crippen molar-refractivity contribution in [3.8, 4) is 22.9 Å². The summed E-state index contributed by atoms with van der Waals surface area (Å²) in [5, 5.41) is 6.87. The molecule has 0 saturated heterocycles. The second kappa shape index (κ2) is 8.33. The topological polar surface area (TPSA) is 86.5 Å². The molecule has 0 saturated carbocycles. The van der Waals surface area contributed by atoms with Crippen molar-refractivity contribution in [1.82, 2.24) is 15.5 Å². The third-order valence-corrected chi connectivity index (χ3v) is 3.70. The Morgan fingerprint density at radius 3 is 2.71 bits per heavy atom. The van der Waals surface area contributed by atoms with E-state index >= 15 is 0 Å². The number of amides is 1. The van der Waals surface area contributed by atoms with Gasteiger partial charge in [-0.2, -0.15) is 4.98 Å². The van der Waals surface area contributed by atoms with Crippen molar-refractivity contribution in [3.05, 3.63) is 24.1 Å². The predicted molar refractivity (Wildman–Crippen MR) is 89.1 cm³/mol. The predicted octanol–water partition coefficient (Wildman–Crippen LogP) is 2.60. The fraction of sp³-hybridized carbons (Fsp3) is 0.471. The second-order valence-electron chi connectivity index (χ2n) is 5.46. The van der Waals surface area contributed by atoms with E-state index < -0.39 is 0 Å². The highest BCUT2D eigenvalue weighted by Gasteiger charge is 2.13. The van der Waals surface area contributed by atoms with Gasteiger partial charge in [-0.3, -0.25) is 4.79 Å². The van der Waals surface area contributed by atoms with Gasteiger partial charge in [-0.1, -0.05) is 12.1 Å². The summed E-state index contributed by atoms with van der Waals surface area (Å²) in [5.41, 5.74) is 0.756. The van der Waals surface area contributed by atoms with Crippen LogP contribution in [0.1, 0.15) is 32.6 Å². The van der Waals surface area contributed by atoms with Crippen molar-refractivity contribution in [1.29, 1.82) is 0 Å². The van der Waals surface area contributed by atoms with Crippen LogP contribution in [0.15, 0.2) is 22.7 Å². The molecule has 1 aromatic carbocycles. The molecule has 1 atom stereocenters. The van der Waals surface area contributed by atoms with Crippen molar-refractivity contribution in [2.75, 3.05) is 14.2 Å². The number of carbonyl (C=O) groups is 1. The average Bonchev–Trinajstić information content (AvgIpc) is 3.08. The van der Waals surface area contributed by atoms with E-state index in [-0.39, 0.29) is 11.9 Å². The molecule has 1 amide bonds. The number of hydrogen-bond donors (Lipinski definition) is 1. The third-order valence-electron chi connectivity index (χ3n) is 3.70. The van der Waals surface area contributed by atoms with Gasteiger partial charge in [0.25, 0.3) is 0 Å². The van der Waals surface area contributed by atoms with Crippen LogP contribution in [0.25, 0.3) is 11.4 Å². The number of rotatable bonds is 8. The van der Waals surface area contributed by atoms with Gasteiger partial charge in [0.2, 0.25) is 17.6 Å². The number of aryl methyl sites for hydroxylation is 1. The minimum Gasteiger partial charge on any atom is -0.493 e. The van der Waals surface area contributed by atoms with Crippen LogP contribution in [0.4, 0.5) is 0 Å². The summed E-state index contributed by atoms with van der Waals surface area (Å²) in [6.45, 7) is 4.00. The Balaban J connectivity index is 2.01. The maximum atomic E-state index is 11.8. The van der Waals surface area contributed by atoms with Gasteiger partial charge in [0.1, 0.15) is 0 Å². The first kappa shape index (κ1) is 17.8. The number of methoxy groups -OCH3 is 2. The normalized spacial score (nSPS) is 11.8. The minimum absolute atomic E-state index is 0.0183. The zero-order valence-corrected chi connectivity index (χ0v) is 14.5. The largest absolute Gasteiger partial charge is 0.493 e. The number of nitrogens with one attached hydrogen (secondary N) is 1. The molecule has 1 heterocycles. The molecule has 2 rings (SSSR count). The standard InChI is InChI=1S/C17H23N3O4/c1-5-11(2)18-15(21)8-9-16-19-17(20-24-16)12-6-7-13(22-3)14(10-12)23-4/h6-7,10-11H,5,8-9H2,1-4H3,(H,18,21)/t11-/m0/s1. The van der Waals surface area contributed by atoms with E-state index in [1.54, 1.807) is 26.4 Å². The van der Waals surface area contributed by atoms with Crippen LogP contribution in [0.5, 0.6) is 11.5 Å². The summed E-state index contributed by atoms with van der Waals surface area (Å²) >= 11 is 0. The number of carbonyl (C=O) groups excluding carboxylic acids is 1. The fourth-order valence-electron chi connectivity index (χ4n) is 2.12. The Hall–Kier alpha value is -2.57. The monoisotopic (exact) mass is 333 g/mol. The van der Waals surface area contributed by atoms with Gasteiger partial charge < -0.3 is 19.3 Å². The van der Waals surface area contributed by atoms with Crippen LogP contribution in [-0.2, 0) is 11.2 Å². The summed E-state index contributed by atoms with van der Waals surface area (Å²) in [6.07, 6.45) is 1.62. The number of aromatic nitrogens is 2. The lowest BCUT2D eigenvalue weighted by Crippen LogP contribution is -2.32. The summed E-state index contributed by atoms with van der Waals surface area (Å²) in [7, 11) is 3.15. The Kier molecular flexibility index (Phi) is 6.17. The Labute approximate surface area is 141 Å². The molecule has 7 heteroatoms. The smallest absolute Gasteiger partial charge is 0.227 e. The highest BCUT2D eigenvalue weighted by molar-refractivity contribution is 5.76. The van der Waals surface area contributed by atoms with Crippen molar-refractivity contribution in [2.24, 2.45) is 0 Å². The van der Waals surface area contributed by atoms with E-state index in [1.807, 2.05) is 19.9 Å². The summed E-state index contributed by atoms with van der Waals surface area (Å²) in [5.74, 6) is 2.09. The quantitative estimate of drug-likeness (QED) is 0.799. The maximum absolute atomic E-state index is 11.8. The fourth-order valence-corrected chi connectivity index (χ4v) is 2.12. The molecular weight excluding hydrogens is 310 g/mol. The van der Waals surface area contributed by atoms with Gasteiger partial charge >= 0.3 is 0 Å². The summed E-state index contributed by atoms with van der Waals surface area (Å²) in [4.78, 5) is 16.1. The molecule has 0 fully saturated rings. The average molecular weight is 333 g/mol. The van der Waals surface area contributed by atoms with E-state index in [9.17, 15) is 4.79 Å². The lowest BCUT2D eigenvalue weighted by molar-refractivity contribution is -0.121. The molecule has 1 aromatic heterocycles. The minimum atomic E-state index is -0.0183. The van der Waals surface area contributed by atoms with Gasteiger partial charge in [-0.15, -0.1) is 0 Å². The molecular formula is C17H23N3O4. The molecule has 0 unspecified atom stereocenters. The van der Waals surface area contributed by atoms with Crippen LogP contribution >= 0.6 is 0 Å².